The summed E-state index contributed by atoms with van der Waals surface area (Å²) in [6, 6.07) is 0. The highest BCUT2D eigenvalue weighted by atomic mass is 79.9. The summed E-state index contributed by atoms with van der Waals surface area (Å²) in [5.74, 6) is 1.08. The standard InChI is InChI=1S/C5H9BrOS.3C2H6/c1-4(7)5(6)3-8-2;3*1-2/h5H,3H2,1-2H3;3*1-2H3. The van der Waals surface area contributed by atoms with E-state index in [0.717, 1.165) is 5.75 Å². The molecule has 0 N–H and O–H groups in total. The molecule has 0 spiro atoms. The summed E-state index contributed by atoms with van der Waals surface area (Å²) < 4.78 is 0. The Kier molecular flexibility index (Phi) is 50.0. The predicted molar refractivity (Wildman–Crippen MR) is 75.8 cm³/mol. The van der Waals surface area contributed by atoms with Gasteiger partial charge in [0.05, 0.1) is 4.83 Å². The Morgan fingerprint density at radius 2 is 1.43 bits per heavy atom. The van der Waals surface area contributed by atoms with Crippen molar-refractivity contribution < 1.29 is 4.79 Å². The molecular weight excluding hydrogens is 260 g/mol. The van der Waals surface area contributed by atoms with Crippen molar-refractivity contribution in [3.8, 4) is 0 Å². The summed E-state index contributed by atoms with van der Waals surface area (Å²) in [6.07, 6.45) is 1.98. The van der Waals surface area contributed by atoms with Crippen LogP contribution in [-0.4, -0.2) is 22.6 Å². The fraction of sp³-hybridized carbons (Fsp3) is 0.909. The van der Waals surface area contributed by atoms with Gasteiger partial charge >= 0.3 is 0 Å². The maximum Gasteiger partial charge on any atom is 0.144 e. The Morgan fingerprint density at radius 1 is 1.14 bits per heavy atom. The molecular formula is C11H27BrOS. The van der Waals surface area contributed by atoms with Gasteiger partial charge in [-0.15, -0.1) is 0 Å². The van der Waals surface area contributed by atoms with Crippen molar-refractivity contribution in [2.45, 2.75) is 53.3 Å². The average molecular weight is 287 g/mol. The van der Waals surface area contributed by atoms with Gasteiger partial charge in [-0.25, -0.2) is 0 Å². The molecule has 0 aromatic carbocycles. The minimum absolute atomic E-state index is 0.0532. The smallest absolute Gasteiger partial charge is 0.144 e. The van der Waals surface area contributed by atoms with Gasteiger partial charge in [0.1, 0.15) is 5.78 Å². The second-order valence-corrected chi connectivity index (χ2v) is 3.55. The highest BCUT2D eigenvalue weighted by Crippen LogP contribution is 2.06. The third-order valence-electron chi connectivity index (χ3n) is 0.754. The fourth-order valence-corrected chi connectivity index (χ4v) is 1.58. The second kappa shape index (κ2) is 29.2. The van der Waals surface area contributed by atoms with E-state index in [9.17, 15) is 4.79 Å². The van der Waals surface area contributed by atoms with Crippen LogP contribution in [0.3, 0.4) is 0 Å². The van der Waals surface area contributed by atoms with Gasteiger partial charge in [-0.2, -0.15) is 11.8 Å². The number of halogens is 1. The first-order valence-corrected chi connectivity index (χ1v) is 7.63. The summed E-state index contributed by atoms with van der Waals surface area (Å²) in [4.78, 5) is 10.5. The number of alkyl halides is 1. The zero-order chi connectivity index (χ0) is 12.6. The normalized spacial score (nSPS) is 8.93. The van der Waals surface area contributed by atoms with Gasteiger partial charge in [0.25, 0.3) is 0 Å². The van der Waals surface area contributed by atoms with Crippen LogP contribution in [0.1, 0.15) is 48.5 Å². The van der Waals surface area contributed by atoms with Gasteiger partial charge in [0.15, 0.2) is 0 Å². The third-order valence-corrected chi connectivity index (χ3v) is 2.82. The molecule has 0 fully saturated rings. The highest BCUT2D eigenvalue weighted by Gasteiger charge is 2.06. The van der Waals surface area contributed by atoms with Gasteiger partial charge in [0, 0.05) is 5.75 Å². The number of Topliss-reactive ketones (excluding diaryl/α,β-unsaturated/α-hetero) is 1. The lowest BCUT2D eigenvalue weighted by Gasteiger charge is -1.99. The van der Waals surface area contributed by atoms with E-state index in [1.54, 1.807) is 18.7 Å². The van der Waals surface area contributed by atoms with Gasteiger partial charge < -0.3 is 0 Å². The zero-order valence-corrected chi connectivity index (χ0v) is 13.4. The van der Waals surface area contributed by atoms with Crippen LogP contribution in [0.5, 0.6) is 0 Å². The van der Waals surface area contributed by atoms with Crippen LogP contribution in [0.2, 0.25) is 0 Å². The summed E-state index contributed by atoms with van der Waals surface area (Å²) in [5.41, 5.74) is 0. The van der Waals surface area contributed by atoms with Gasteiger partial charge in [-0.05, 0) is 13.2 Å². The number of thioether (sulfide) groups is 1. The molecule has 0 aromatic rings. The first-order valence-electron chi connectivity index (χ1n) is 5.32. The van der Waals surface area contributed by atoms with Crippen molar-refractivity contribution in [1.82, 2.24) is 0 Å². The highest BCUT2D eigenvalue weighted by molar-refractivity contribution is 9.10. The van der Waals surface area contributed by atoms with Crippen LogP contribution >= 0.6 is 27.7 Å². The summed E-state index contributed by atoms with van der Waals surface area (Å²) in [6.45, 7) is 13.6. The molecule has 1 nitrogen and oxygen atoms in total. The van der Waals surface area contributed by atoms with Crippen LogP contribution in [0.15, 0.2) is 0 Å². The zero-order valence-electron chi connectivity index (χ0n) is 11.0. The van der Waals surface area contributed by atoms with E-state index in [1.807, 2.05) is 47.8 Å². The van der Waals surface area contributed by atoms with Crippen molar-refractivity contribution in [2.24, 2.45) is 0 Å². The molecule has 0 bridgehead atoms. The maximum absolute atomic E-state index is 10.5. The van der Waals surface area contributed by atoms with Crippen LogP contribution in [0.4, 0.5) is 0 Å². The SMILES string of the molecule is CC.CC.CC.CSCC(Br)C(C)=O. The van der Waals surface area contributed by atoms with E-state index in [4.69, 9.17) is 0 Å². The third kappa shape index (κ3) is 29.4. The lowest BCUT2D eigenvalue weighted by Crippen LogP contribution is -2.11. The fourth-order valence-electron chi connectivity index (χ4n) is 0.264. The first-order chi connectivity index (χ1) is 6.68. The lowest BCUT2D eigenvalue weighted by molar-refractivity contribution is -0.116. The molecule has 90 valence electrons. The average Bonchev–Trinajstić information content (AvgIpc) is 2.27. The number of ketones is 1. The van der Waals surface area contributed by atoms with Gasteiger partial charge in [-0.3, -0.25) is 4.79 Å². The van der Waals surface area contributed by atoms with Crippen LogP contribution in [0.25, 0.3) is 0 Å². The molecule has 1 unspecified atom stereocenters. The minimum Gasteiger partial charge on any atom is -0.299 e. The molecule has 0 saturated heterocycles. The molecule has 1 atom stereocenters. The number of hydrogen-bond acceptors (Lipinski definition) is 2. The van der Waals surface area contributed by atoms with Crippen molar-refractivity contribution in [1.29, 1.82) is 0 Å². The molecule has 0 aliphatic rings. The Morgan fingerprint density at radius 3 is 1.50 bits per heavy atom. The van der Waals surface area contributed by atoms with E-state index < -0.39 is 0 Å². The monoisotopic (exact) mass is 286 g/mol. The van der Waals surface area contributed by atoms with Crippen molar-refractivity contribution in [3.05, 3.63) is 0 Å². The topological polar surface area (TPSA) is 17.1 Å². The molecule has 0 aliphatic carbocycles. The van der Waals surface area contributed by atoms with Crippen LogP contribution < -0.4 is 0 Å². The Balaban J connectivity index is -0.0000000708. The van der Waals surface area contributed by atoms with E-state index in [0.29, 0.717) is 0 Å². The van der Waals surface area contributed by atoms with Gasteiger partial charge in [-0.1, -0.05) is 57.5 Å². The molecule has 0 saturated carbocycles. The molecule has 0 aromatic heterocycles. The Hall–Kier alpha value is 0.500. The summed E-state index contributed by atoms with van der Waals surface area (Å²) in [7, 11) is 0. The summed E-state index contributed by atoms with van der Waals surface area (Å²) >= 11 is 4.90. The second-order valence-electron chi connectivity index (χ2n) is 1.53. The lowest BCUT2D eigenvalue weighted by atomic mass is 10.3. The molecule has 3 heteroatoms. The Bertz CT molecular complexity index is 87.4. The van der Waals surface area contributed by atoms with Gasteiger partial charge in [0.2, 0.25) is 0 Å². The summed E-state index contributed by atoms with van der Waals surface area (Å²) in [5, 5.41) is 0. The van der Waals surface area contributed by atoms with E-state index >= 15 is 0 Å². The Labute approximate surface area is 104 Å². The van der Waals surface area contributed by atoms with E-state index in [2.05, 4.69) is 15.9 Å². The number of carbonyl (C=O) groups is 1. The van der Waals surface area contributed by atoms with Crippen LogP contribution in [0, 0.1) is 0 Å². The molecule has 0 rings (SSSR count). The first kappa shape index (κ1) is 24.0. The van der Waals surface area contributed by atoms with E-state index in [1.165, 1.54) is 0 Å². The quantitative estimate of drug-likeness (QED) is 0.695. The molecule has 0 amide bonds. The largest absolute Gasteiger partial charge is 0.299 e. The molecule has 0 heterocycles. The van der Waals surface area contributed by atoms with Crippen molar-refractivity contribution in [3.63, 3.8) is 0 Å². The number of rotatable bonds is 3. The predicted octanol–water partition coefficient (Wildman–Crippen LogP) is 4.78. The number of carbonyl (C=O) groups excluding carboxylic acids is 1. The van der Waals surface area contributed by atoms with Crippen molar-refractivity contribution in [2.75, 3.05) is 12.0 Å². The number of hydrogen-bond donors (Lipinski definition) is 0. The molecule has 14 heavy (non-hydrogen) atoms. The maximum atomic E-state index is 10.5. The van der Waals surface area contributed by atoms with E-state index in [-0.39, 0.29) is 10.6 Å². The van der Waals surface area contributed by atoms with Crippen molar-refractivity contribution >= 4 is 33.5 Å². The molecule has 0 aliphatic heterocycles. The minimum atomic E-state index is 0.0532. The van der Waals surface area contributed by atoms with Crippen LogP contribution in [-0.2, 0) is 4.79 Å². The molecule has 0 radical (unpaired) electrons.